The number of hydrogen-bond donors (Lipinski definition) is 0. The maximum atomic E-state index is 13.8. The van der Waals surface area contributed by atoms with Crippen molar-refractivity contribution in [3.63, 3.8) is 0 Å². The Morgan fingerprint density at radius 1 is 1.08 bits per heavy atom. The molecule has 0 unspecified atom stereocenters. The maximum absolute atomic E-state index is 13.8. The molecule has 3 rings (SSSR count). The topological polar surface area (TPSA) is 57.4 Å². The summed E-state index contributed by atoms with van der Waals surface area (Å²) in [5.74, 6) is 1.70. The van der Waals surface area contributed by atoms with Crippen molar-refractivity contribution in [2.45, 2.75) is 11.0 Å². The summed E-state index contributed by atoms with van der Waals surface area (Å²) >= 11 is 4.60. The van der Waals surface area contributed by atoms with E-state index in [9.17, 15) is 4.39 Å². The molecule has 8 heteroatoms. The van der Waals surface area contributed by atoms with Crippen LogP contribution >= 0.6 is 27.7 Å². The smallest absolute Gasteiger partial charge is 0.277 e. The van der Waals surface area contributed by atoms with Gasteiger partial charge in [0, 0.05) is 21.9 Å². The molecule has 0 aliphatic rings. The van der Waals surface area contributed by atoms with Crippen molar-refractivity contribution in [3.8, 4) is 23.0 Å². The highest BCUT2D eigenvalue weighted by molar-refractivity contribution is 9.10. The summed E-state index contributed by atoms with van der Waals surface area (Å²) in [5, 5.41) is 8.40. The van der Waals surface area contributed by atoms with Gasteiger partial charge in [-0.2, -0.15) is 0 Å². The lowest BCUT2D eigenvalue weighted by Crippen LogP contribution is -1.88. The molecule has 0 radical (unpaired) electrons. The monoisotopic (exact) mass is 424 g/mol. The average Bonchev–Trinajstić information content (AvgIpc) is 3.11. The van der Waals surface area contributed by atoms with E-state index < -0.39 is 0 Å². The van der Waals surface area contributed by atoms with Crippen molar-refractivity contribution in [2.24, 2.45) is 0 Å². The zero-order valence-corrected chi connectivity index (χ0v) is 15.9. The lowest BCUT2D eigenvalue weighted by molar-refractivity contribution is 0.394. The molecular formula is C17H14BrFN2O3S. The Labute approximate surface area is 156 Å². The normalized spacial score (nSPS) is 10.7. The molecule has 0 spiro atoms. The van der Waals surface area contributed by atoms with Gasteiger partial charge in [-0.1, -0.05) is 27.7 Å². The third-order valence-corrected chi connectivity index (χ3v) is 4.72. The summed E-state index contributed by atoms with van der Waals surface area (Å²) in [6.07, 6.45) is 0. The number of thioether (sulfide) groups is 1. The van der Waals surface area contributed by atoms with Crippen LogP contribution < -0.4 is 9.47 Å². The van der Waals surface area contributed by atoms with E-state index >= 15 is 0 Å². The highest BCUT2D eigenvalue weighted by atomic mass is 79.9. The van der Waals surface area contributed by atoms with E-state index in [-0.39, 0.29) is 5.82 Å². The molecule has 1 aromatic heterocycles. The summed E-state index contributed by atoms with van der Waals surface area (Å²) in [6.45, 7) is 0. The van der Waals surface area contributed by atoms with Crippen LogP contribution in [0.15, 0.2) is 50.5 Å². The fraction of sp³-hybridized carbons (Fsp3) is 0.176. The van der Waals surface area contributed by atoms with Crippen molar-refractivity contribution < 1.29 is 18.3 Å². The molecular weight excluding hydrogens is 411 g/mol. The first kappa shape index (κ1) is 17.8. The van der Waals surface area contributed by atoms with Crippen LogP contribution in [0.3, 0.4) is 0 Å². The summed E-state index contributed by atoms with van der Waals surface area (Å²) < 4.78 is 30.7. The standard InChI is InChI=1S/C17H14BrFN2O3S/c1-22-13-6-10(7-14(8-13)23-2)16-20-21-17(24-16)25-9-11-5-12(18)3-4-15(11)19/h3-8H,9H2,1-2H3. The number of nitrogens with zero attached hydrogens (tertiary/aromatic N) is 2. The first-order valence-corrected chi connectivity index (χ1v) is 9.00. The Bertz CT molecular complexity index is 866. The van der Waals surface area contributed by atoms with Gasteiger partial charge in [-0.15, -0.1) is 10.2 Å². The predicted octanol–water partition coefficient (Wildman–Crippen LogP) is 4.95. The molecule has 0 N–H and O–H groups in total. The van der Waals surface area contributed by atoms with Gasteiger partial charge >= 0.3 is 0 Å². The Morgan fingerprint density at radius 2 is 1.80 bits per heavy atom. The van der Waals surface area contributed by atoms with E-state index in [1.54, 1.807) is 44.6 Å². The highest BCUT2D eigenvalue weighted by Gasteiger charge is 2.13. The SMILES string of the molecule is COc1cc(OC)cc(-c2nnc(SCc3cc(Br)ccc3F)o2)c1. The van der Waals surface area contributed by atoms with Crippen molar-refractivity contribution in [1.82, 2.24) is 10.2 Å². The van der Waals surface area contributed by atoms with Gasteiger partial charge in [-0.25, -0.2) is 4.39 Å². The highest BCUT2D eigenvalue weighted by Crippen LogP contribution is 2.31. The van der Waals surface area contributed by atoms with Crippen LogP contribution in [0.2, 0.25) is 0 Å². The van der Waals surface area contributed by atoms with Gasteiger partial charge in [0.25, 0.3) is 5.22 Å². The van der Waals surface area contributed by atoms with Gasteiger partial charge in [-0.3, -0.25) is 0 Å². The Balaban J connectivity index is 1.77. The molecule has 3 aromatic rings. The second-order valence-corrected chi connectivity index (χ2v) is 6.84. The largest absolute Gasteiger partial charge is 0.497 e. The minimum absolute atomic E-state index is 0.270. The molecule has 25 heavy (non-hydrogen) atoms. The van der Waals surface area contributed by atoms with Gasteiger partial charge in [0.15, 0.2) is 0 Å². The molecule has 0 aliphatic carbocycles. The van der Waals surface area contributed by atoms with E-state index in [4.69, 9.17) is 13.9 Å². The number of aromatic nitrogens is 2. The van der Waals surface area contributed by atoms with E-state index in [0.717, 1.165) is 4.47 Å². The van der Waals surface area contributed by atoms with E-state index in [2.05, 4.69) is 26.1 Å². The second-order valence-electron chi connectivity index (χ2n) is 5.00. The van der Waals surface area contributed by atoms with Crippen LogP contribution in [0.5, 0.6) is 11.5 Å². The fourth-order valence-electron chi connectivity index (χ4n) is 2.11. The average molecular weight is 425 g/mol. The number of benzene rings is 2. The molecule has 0 saturated carbocycles. The van der Waals surface area contributed by atoms with Gasteiger partial charge in [0.1, 0.15) is 17.3 Å². The summed E-state index contributed by atoms with van der Waals surface area (Å²) in [5.41, 5.74) is 1.24. The second kappa shape index (κ2) is 7.88. The Hall–Kier alpha value is -2.06. The van der Waals surface area contributed by atoms with Gasteiger partial charge < -0.3 is 13.9 Å². The first-order valence-electron chi connectivity index (χ1n) is 7.22. The lowest BCUT2D eigenvalue weighted by Gasteiger charge is -2.05. The minimum Gasteiger partial charge on any atom is -0.497 e. The van der Waals surface area contributed by atoms with Crippen molar-refractivity contribution in [1.29, 1.82) is 0 Å². The molecule has 130 valence electrons. The molecule has 0 bridgehead atoms. The molecule has 0 amide bonds. The molecule has 0 aliphatic heterocycles. The number of rotatable bonds is 6. The van der Waals surface area contributed by atoms with Crippen molar-refractivity contribution >= 4 is 27.7 Å². The third-order valence-electron chi connectivity index (χ3n) is 3.36. The number of methoxy groups -OCH3 is 2. The zero-order valence-electron chi connectivity index (χ0n) is 13.5. The summed E-state index contributed by atoms with van der Waals surface area (Å²) in [6, 6.07) is 10.1. The summed E-state index contributed by atoms with van der Waals surface area (Å²) in [7, 11) is 3.14. The predicted molar refractivity (Wildman–Crippen MR) is 96.5 cm³/mol. The van der Waals surface area contributed by atoms with E-state index in [0.29, 0.717) is 39.5 Å². The summed E-state index contributed by atoms with van der Waals surface area (Å²) in [4.78, 5) is 0. The van der Waals surface area contributed by atoms with Gasteiger partial charge in [-0.05, 0) is 35.9 Å². The molecule has 0 saturated heterocycles. The number of ether oxygens (including phenoxy) is 2. The number of hydrogen-bond acceptors (Lipinski definition) is 6. The molecule has 2 aromatic carbocycles. The fourth-order valence-corrected chi connectivity index (χ4v) is 3.25. The van der Waals surface area contributed by atoms with Crippen molar-refractivity contribution in [2.75, 3.05) is 14.2 Å². The first-order chi connectivity index (χ1) is 12.1. The van der Waals surface area contributed by atoms with Crippen LogP contribution in [0.4, 0.5) is 4.39 Å². The van der Waals surface area contributed by atoms with Crippen LogP contribution in [-0.4, -0.2) is 24.4 Å². The van der Waals surface area contributed by atoms with Crippen LogP contribution in [0, 0.1) is 5.82 Å². The van der Waals surface area contributed by atoms with Crippen LogP contribution in [-0.2, 0) is 5.75 Å². The Kier molecular flexibility index (Phi) is 5.60. The molecule has 5 nitrogen and oxygen atoms in total. The van der Waals surface area contributed by atoms with Crippen LogP contribution in [0.1, 0.15) is 5.56 Å². The Morgan fingerprint density at radius 3 is 2.48 bits per heavy atom. The van der Waals surface area contributed by atoms with Crippen molar-refractivity contribution in [3.05, 3.63) is 52.3 Å². The third kappa shape index (κ3) is 4.32. The quantitative estimate of drug-likeness (QED) is 0.521. The molecule has 1 heterocycles. The number of halogens is 2. The molecule has 0 fully saturated rings. The van der Waals surface area contributed by atoms with Gasteiger partial charge in [0.2, 0.25) is 5.89 Å². The molecule has 0 atom stereocenters. The maximum Gasteiger partial charge on any atom is 0.277 e. The minimum atomic E-state index is -0.270. The van der Waals surface area contributed by atoms with Gasteiger partial charge in [0.05, 0.1) is 14.2 Å². The van der Waals surface area contributed by atoms with E-state index in [1.165, 1.54) is 17.8 Å². The van der Waals surface area contributed by atoms with Crippen LogP contribution in [0.25, 0.3) is 11.5 Å². The lowest BCUT2D eigenvalue weighted by atomic mass is 10.2. The van der Waals surface area contributed by atoms with E-state index in [1.807, 2.05) is 0 Å². The zero-order chi connectivity index (χ0) is 17.8.